The Balaban J connectivity index is 2.07. The zero-order chi connectivity index (χ0) is 21.3. The maximum atomic E-state index is 13.0. The van der Waals surface area contributed by atoms with Crippen LogP contribution in [0, 0.1) is 13.8 Å². The van der Waals surface area contributed by atoms with Crippen LogP contribution in [-0.2, 0) is 9.59 Å². The average molecular weight is 459 g/mol. The highest BCUT2D eigenvalue weighted by molar-refractivity contribution is 9.10. The number of imide groups is 2. The lowest BCUT2D eigenvalue weighted by Crippen LogP contribution is -2.54. The number of nitrogens with one attached hydrogen (secondary N) is 1. The van der Waals surface area contributed by atoms with E-state index in [1.807, 2.05) is 19.9 Å². The predicted molar refractivity (Wildman–Crippen MR) is 112 cm³/mol. The Morgan fingerprint density at radius 2 is 1.62 bits per heavy atom. The van der Waals surface area contributed by atoms with Gasteiger partial charge in [-0.15, -0.1) is 0 Å². The van der Waals surface area contributed by atoms with Gasteiger partial charge in [0.2, 0.25) is 0 Å². The Hall–Kier alpha value is -3.13. The second-order valence-electron chi connectivity index (χ2n) is 6.46. The SMILES string of the molecule is COc1cc(Br)c(/C=C2\C(=O)NC(=O)N(c3ccc(C)c(C)c3)C2=O)cc1OC. The minimum Gasteiger partial charge on any atom is -0.493 e. The van der Waals surface area contributed by atoms with E-state index in [2.05, 4.69) is 21.2 Å². The molecule has 0 aromatic heterocycles. The molecule has 1 aliphatic rings. The van der Waals surface area contributed by atoms with Crippen molar-refractivity contribution >= 4 is 45.5 Å². The first-order valence-corrected chi connectivity index (χ1v) is 9.46. The number of hydrogen-bond acceptors (Lipinski definition) is 5. The minimum absolute atomic E-state index is 0.171. The summed E-state index contributed by atoms with van der Waals surface area (Å²) >= 11 is 3.40. The van der Waals surface area contributed by atoms with Gasteiger partial charge in [0.25, 0.3) is 11.8 Å². The second kappa shape index (κ2) is 8.08. The lowest BCUT2D eigenvalue weighted by Gasteiger charge is -2.27. The zero-order valence-corrected chi connectivity index (χ0v) is 17.9. The molecule has 7 nitrogen and oxygen atoms in total. The Labute approximate surface area is 176 Å². The van der Waals surface area contributed by atoms with Gasteiger partial charge in [-0.1, -0.05) is 22.0 Å². The molecule has 1 aliphatic heterocycles. The van der Waals surface area contributed by atoms with Crippen LogP contribution in [0.15, 0.2) is 40.4 Å². The number of aryl methyl sites for hydroxylation is 2. The number of hydrogen-bond donors (Lipinski definition) is 1. The van der Waals surface area contributed by atoms with E-state index in [-0.39, 0.29) is 5.57 Å². The monoisotopic (exact) mass is 458 g/mol. The van der Waals surface area contributed by atoms with Crippen molar-refractivity contribution < 1.29 is 23.9 Å². The summed E-state index contributed by atoms with van der Waals surface area (Å²) in [6.07, 6.45) is 1.41. The average Bonchev–Trinajstić information content (AvgIpc) is 2.68. The smallest absolute Gasteiger partial charge is 0.335 e. The number of benzene rings is 2. The third-order valence-corrected chi connectivity index (χ3v) is 5.34. The fourth-order valence-electron chi connectivity index (χ4n) is 2.89. The van der Waals surface area contributed by atoms with Gasteiger partial charge in [0.05, 0.1) is 19.9 Å². The molecule has 2 aromatic carbocycles. The normalized spacial score (nSPS) is 15.6. The van der Waals surface area contributed by atoms with Crippen LogP contribution in [0.4, 0.5) is 10.5 Å². The maximum absolute atomic E-state index is 13.0. The van der Waals surface area contributed by atoms with E-state index < -0.39 is 17.8 Å². The van der Waals surface area contributed by atoms with Crippen molar-refractivity contribution in [2.45, 2.75) is 13.8 Å². The highest BCUT2D eigenvalue weighted by Gasteiger charge is 2.37. The van der Waals surface area contributed by atoms with Crippen molar-refractivity contribution in [2.75, 3.05) is 19.1 Å². The number of barbiturate groups is 1. The number of rotatable bonds is 4. The number of anilines is 1. The topological polar surface area (TPSA) is 84.9 Å². The molecular formula is C21H19BrN2O5. The number of urea groups is 1. The molecule has 1 fully saturated rings. The van der Waals surface area contributed by atoms with Gasteiger partial charge in [-0.05, 0) is 60.9 Å². The zero-order valence-electron chi connectivity index (χ0n) is 16.3. The lowest BCUT2D eigenvalue weighted by atomic mass is 10.0. The maximum Gasteiger partial charge on any atom is 0.335 e. The summed E-state index contributed by atoms with van der Waals surface area (Å²) in [5.74, 6) is -0.536. The summed E-state index contributed by atoms with van der Waals surface area (Å²) in [5.41, 5.74) is 2.69. The number of amides is 4. The number of carbonyl (C=O) groups excluding carboxylic acids is 3. The second-order valence-corrected chi connectivity index (χ2v) is 7.31. The van der Waals surface area contributed by atoms with E-state index in [4.69, 9.17) is 9.47 Å². The van der Waals surface area contributed by atoms with E-state index in [1.54, 1.807) is 24.3 Å². The Morgan fingerprint density at radius 3 is 2.24 bits per heavy atom. The molecule has 2 aromatic rings. The molecule has 8 heteroatoms. The quantitative estimate of drug-likeness (QED) is 0.556. The van der Waals surface area contributed by atoms with Crippen LogP contribution in [-0.4, -0.2) is 32.1 Å². The van der Waals surface area contributed by atoms with Crippen LogP contribution in [0.5, 0.6) is 11.5 Å². The van der Waals surface area contributed by atoms with Crippen molar-refractivity contribution in [1.82, 2.24) is 5.32 Å². The van der Waals surface area contributed by atoms with Gasteiger partial charge in [-0.2, -0.15) is 0 Å². The molecule has 0 aliphatic carbocycles. The Bertz CT molecular complexity index is 1060. The summed E-state index contributed by atoms with van der Waals surface area (Å²) in [6.45, 7) is 3.81. The van der Waals surface area contributed by atoms with Crippen LogP contribution >= 0.6 is 15.9 Å². The van der Waals surface area contributed by atoms with Gasteiger partial charge in [0.1, 0.15) is 5.57 Å². The van der Waals surface area contributed by atoms with E-state index in [0.717, 1.165) is 16.0 Å². The molecule has 0 spiro atoms. The van der Waals surface area contributed by atoms with Gasteiger partial charge >= 0.3 is 6.03 Å². The van der Waals surface area contributed by atoms with E-state index in [1.165, 1.54) is 20.3 Å². The Morgan fingerprint density at radius 1 is 0.966 bits per heavy atom. The first kappa shape index (κ1) is 20.6. The molecule has 0 unspecified atom stereocenters. The van der Waals surface area contributed by atoms with Gasteiger partial charge in [-0.25, -0.2) is 9.69 Å². The highest BCUT2D eigenvalue weighted by atomic mass is 79.9. The first-order valence-electron chi connectivity index (χ1n) is 8.67. The van der Waals surface area contributed by atoms with E-state index in [0.29, 0.717) is 27.2 Å². The Kier molecular flexibility index (Phi) is 5.74. The molecule has 0 saturated carbocycles. The van der Waals surface area contributed by atoms with Crippen molar-refractivity contribution in [3.63, 3.8) is 0 Å². The van der Waals surface area contributed by atoms with Gasteiger partial charge in [-0.3, -0.25) is 14.9 Å². The van der Waals surface area contributed by atoms with Crippen molar-refractivity contribution in [3.05, 3.63) is 57.1 Å². The lowest BCUT2D eigenvalue weighted by molar-refractivity contribution is -0.122. The number of halogens is 1. The summed E-state index contributed by atoms with van der Waals surface area (Å²) in [4.78, 5) is 38.7. The van der Waals surface area contributed by atoms with Crippen molar-refractivity contribution in [3.8, 4) is 11.5 Å². The number of methoxy groups -OCH3 is 2. The predicted octanol–water partition coefficient (Wildman–Crippen LogP) is 3.75. The minimum atomic E-state index is -0.785. The molecule has 0 bridgehead atoms. The number of carbonyl (C=O) groups is 3. The molecule has 29 heavy (non-hydrogen) atoms. The van der Waals surface area contributed by atoms with E-state index in [9.17, 15) is 14.4 Å². The summed E-state index contributed by atoms with van der Waals surface area (Å²) in [6, 6.07) is 7.73. The largest absolute Gasteiger partial charge is 0.493 e. The molecule has 0 radical (unpaired) electrons. The van der Waals surface area contributed by atoms with Gasteiger partial charge < -0.3 is 9.47 Å². The third-order valence-electron chi connectivity index (χ3n) is 4.65. The number of ether oxygens (including phenoxy) is 2. The third kappa shape index (κ3) is 3.88. The molecule has 4 amide bonds. The van der Waals surface area contributed by atoms with Crippen molar-refractivity contribution in [2.24, 2.45) is 0 Å². The molecule has 1 N–H and O–H groups in total. The molecule has 0 atom stereocenters. The van der Waals surface area contributed by atoms with Crippen LogP contribution in [0.1, 0.15) is 16.7 Å². The summed E-state index contributed by atoms with van der Waals surface area (Å²) in [7, 11) is 2.99. The highest BCUT2D eigenvalue weighted by Crippen LogP contribution is 2.35. The van der Waals surface area contributed by atoms with Crippen LogP contribution in [0.3, 0.4) is 0 Å². The van der Waals surface area contributed by atoms with Crippen LogP contribution < -0.4 is 19.7 Å². The molecule has 3 rings (SSSR count). The summed E-state index contributed by atoms with van der Waals surface area (Å²) < 4.78 is 11.1. The summed E-state index contributed by atoms with van der Waals surface area (Å²) in [5, 5.41) is 2.22. The molecular weight excluding hydrogens is 440 g/mol. The number of nitrogens with zero attached hydrogens (tertiary/aromatic N) is 1. The van der Waals surface area contributed by atoms with E-state index >= 15 is 0 Å². The fourth-order valence-corrected chi connectivity index (χ4v) is 3.33. The molecule has 150 valence electrons. The fraction of sp³-hybridized carbons (Fsp3) is 0.190. The first-order chi connectivity index (χ1) is 13.8. The van der Waals surface area contributed by atoms with Crippen LogP contribution in [0.2, 0.25) is 0 Å². The molecule has 1 saturated heterocycles. The molecule has 1 heterocycles. The standard InChI is InChI=1S/C21H19BrN2O5/c1-11-5-6-14(7-12(11)2)24-20(26)15(19(25)23-21(24)27)8-13-9-17(28-3)18(29-4)10-16(13)22/h5-10H,1-4H3,(H,23,25,27)/b15-8+. The van der Waals surface area contributed by atoms with Crippen molar-refractivity contribution in [1.29, 1.82) is 0 Å². The van der Waals surface area contributed by atoms with Gasteiger partial charge in [0, 0.05) is 4.47 Å². The van der Waals surface area contributed by atoms with Crippen LogP contribution in [0.25, 0.3) is 6.08 Å². The van der Waals surface area contributed by atoms with Gasteiger partial charge in [0.15, 0.2) is 11.5 Å².